The van der Waals surface area contributed by atoms with Gasteiger partial charge in [-0.05, 0) is 49.9 Å². The van der Waals surface area contributed by atoms with E-state index in [4.69, 9.17) is 0 Å². The van der Waals surface area contributed by atoms with Gasteiger partial charge in [0.25, 0.3) is 5.56 Å². The minimum atomic E-state index is -4.78. The fourth-order valence-corrected chi connectivity index (χ4v) is 3.08. The fraction of sp³-hybridized carbons (Fsp3) is 0.286. The summed E-state index contributed by atoms with van der Waals surface area (Å²) in [5, 5.41) is 3.15. The molecule has 10 heteroatoms. The minimum Gasteiger partial charge on any atom is -0.406 e. The number of alkyl halides is 3. The normalized spacial score (nSPS) is 12.7. The van der Waals surface area contributed by atoms with Gasteiger partial charge >= 0.3 is 6.36 Å². The number of H-pyrrole nitrogens is 1. The second-order valence-electron chi connectivity index (χ2n) is 6.83. The maximum absolute atomic E-state index is 12.6. The third-order valence-corrected chi connectivity index (χ3v) is 4.70. The Morgan fingerprint density at radius 3 is 2.52 bits per heavy atom. The number of ether oxygens (including phenoxy) is 1. The lowest BCUT2D eigenvalue weighted by Gasteiger charge is -2.26. The first-order chi connectivity index (χ1) is 14.7. The summed E-state index contributed by atoms with van der Waals surface area (Å²) in [4.78, 5) is 33.9. The van der Waals surface area contributed by atoms with Gasteiger partial charge in [0, 0.05) is 5.69 Å². The van der Waals surface area contributed by atoms with E-state index in [9.17, 15) is 22.8 Å². The molecule has 0 saturated carbocycles. The first kappa shape index (κ1) is 22.3. The highest BCUT2D eigenvalue weighted by Gasteiger charge is 2.31. The van der Waals surface area contributed by atoms with Crippen LogP contribution in [-0.2, 0) is 11.3 Å². The molecule has 1 unspecified atom stereocenters. The number of halogens is 3. The number of aromatic amines is 1. The lowest BCUT2D eigenvalue weighted by atomic mass is 10.2. The molecule has 0 bridgehead atoms. The quantitative estimate of drug-likeness (QED) is 0.593. The zero-order valence-corrected chi connectivity index (χ0v) is 16.9. The van der Waals surface area contributed by atoms with Gasteiger partial charge in [0.05, 0.1) is 23.5 Å². The van der Waals surface area contributed by atoms with Crippen molar-refractivity contribution in [3.05, 3.63) is 64.7 Å². The average molecular weight is 434 g/mol. The van der Waals surface area contributed by atoms with Gasteiger partial charge in [0.1, 0.15) is 11.6 Å². The van der Waals surface area contributed by atoms with Crippen LogP contribution in [0.4, 0.5) is 18.9 Å². The molecule has 0 fully saturated rings. The van der Waals surface area contributed by atoms with Crippen LogP contribution < -0.4 is 15.6 Å². The third kappa shape index (κ3) is 5.82. The van der Waals surface area contributed by atoms with E-state index in [0.717, 1.165) is 12.1 Å². The summed E-state index contributed by atoms with van der Waals surface area (Å²) in [5.74, 6) is -0.298. The predicted molar refractivity (Wildman–Crippen MR) is 110 cm³/mol. The van der Waals surface area contributed by atoms with Crippen LogP contribution in [0.3, 0.4) is 0 Å². The number of nitrogens with zero attached hydrogens (tertiary/aromatic N) is 2. The van der Waals surface area contributed by atoms with Gasteiger partial charge in [-0.1, -0.05) is 19.1 Å². The molecule has 0 saturated heterocycles. The van der Waals surface area contributed by atoms with E-state index in [0.29, 0.717) is 29.0 Å². The summed E-state index contributed by atoms with van der Waals surface area (Å²) in [5.41, 5.74) is 0.644. The van der Waals surface area contributed by atoms with Gasteiger partial charge < -0.3 is 15.0 Å². The first-order valence-corrected chi connectivity index (χ1v) is 9.55. The topological polar surface area (TPSA) is 87.3 Å². The van der Waals surface area contributed by atoms with Crippen LogP contribution in [0.5, 0.6) is 5.75 Å². The average Bonchev–Trinajstić information content (AvgIpc) is 2.72. The van der Waals surface area contributed by atoms with E-state index in [1.807, 2.05) is 11.8 Å². The third-order valence-electron chi connectivity index (χ3n) is 4.70. The van der Waals surface area contributed by atoms with Crippen molar-refractivity contribution in [2.45, 2.75) is 32.8 Å². The van der Waals surface area contributed by atoms with Gasteiger partial charge in [0.2, 0.25) is 5.91 Å². The Labute approximate surface area is 175 Å². The van der Waals surface area contributed by atoms with Crippen molar-refractivity contribution in [1.29, 1.82) is 0 Å². The van der Waals surface area contributed by atoms with Gasteiger partial charge in [-0.15, -0.1) is 13.2 Å². The number of para-hydroxylation sites is 1. The van der Waals surface area contributed by atoms with Crippen molar-refractivity contribution in [3.63, 3.8) is 0 Å². The number of rotatable bonds is 7. The molecule has 1 aromatic heterocycles. The van der Waals surface area contributed by atoms with E-state index >= 15 is 0 Å². The Balaban J connectivity index is 1.68. The van der Waals surface area contributed by atoms with E-state index in [1.54, 1.807) is 31.2 Å². The molecule has 0 radical (unpaired) electrons. The van der Waals surface area contributed by atoms with Gasteiger partial charge in [-0.25, -0.2) is 4.98 Å². The first-order valence-electron chi connectivity index (χ1n) is 9.55. The van der Waals surface area contributed by atoms with Crippen molar-refractivity contribution in [1.82, 2.24) is 14.9 Å². The van der Waals surface area contributed by atoms with Crippen LogP contribution in [0.15, 0.2) is 53.3 Å². The van der Waals surface area contributed by atoms with Gasteiger partial charge in [-0.2, -0.15) is 0 Å². The SMILES string of the molecule is CCN(Cc1nc2ccccc2c(=O)[nH]1)C(C)C(=O)Nc1ccc(OC(F)(F)F)cc1. The monoisotopic (exact) mass is 434 g/mol. The Bertz CT molecular complexity index is 1110. The van der Waals surface area contributed by atoms with Crippen LogP contribution in [0.1, 0.15) is 19.7 Å². The highest BCUT2D eigenvalue weighted by molar-refractivity contribution is 5.94. The standard InChI is InChI=1S/C21H21F3N4O3/c1-3-28(12-18-26-17-7-5-4-6-16(17)20(30)27-18)13(2)19(29)25-14-8-10-15(11-9-14)31-21(22,23)24/h4-11,13H,3,12H2,1-2H3,(H,25,29)(H,26,27,30). The zero-order valence-electron chi connectivity index (χ0n) is 16.9. The number of fused-ring (bicyclic) bond motifs is 1. The number of anilines is 1. The smallest absolute Gasteiger partial charge is 0.406 e. The number of hydrogen-bond acceptors (Lipinski definition) is 5. The fourth-order valence-electron chi connectivity index (χ4n) is 3.08. The molecule has 0 aliphatic rings. The molecule has 0 aliphatic heterocycles. The summed E-state index contributed by atoms with van der Waals surface area (Å²) in [6.07, 6.45) is -4.78. The second kappa shape index (κ2) is 9.17. The molecule has 7 nitrogen and oxygen atoms in total. The Kier molecular flexibility index (Phi) is 6.59. The molecule has 3 rings (SSSR count). The molecular formula is C21H21F3N4O3. The summed E-state index contributed by atoms with van der Waals surface area (Å²) in [6, 6.07) is 11.3. The molecule has 3 aromatic rings. The Morgan fingerprint density at radius 2 is 1.87 bits per heavy atom. The van der Waals surface area contributed by atoms with Gasteiger partial charge in [0.15, 0.2) is 0 Å². The maximum atomic E-state index is 12.6. The zero-order chi connectivity index (χ0) is 22.6. The number of hydrogen-bond donors (Lipinski definition) is 2. The van der Waals surface area contributed by atoms with Crippen molar-refractivity contribution in [3.8, 4) is 5.75 Å². The molecule has 0 aliphatic carbocycles. The second-order valence-corrected chi connectivity index (χ2v) is 6.83. The largest absolute Gasteiger partial charge is 0.573 e. The summed E-state index contributed by atoms with van der Waals surface area (Å²) < 4.78 is 40.6. The number of nitrogens with one attached hydrogen (secondary N) is 2. The van der Waals surface area contributed by atoms with Crippen LogP contribution in [0.2, 0.25) is 0 Å². The lowest BCUT2D eigenvalue weighted by Crippen LogP contribution is -2.42. The Morgan fingerprint density at radius 1 is 1.19 bits per heavy atom. The number of carbonyl (C=O) groups is 1. The van der Waals surface area contributed by atoms with Crippen LogP contribution in [-0.4, -0.2) is 39.7 Å². The highest BCUT2D eigenvalue weighted by atomic mass is 19.4. The van der Waals surface area contributed by atoms with Gasteiger partial charge in [-0.3, -0.25) is 14.5 Å². The summed E-state index contributed by atoms with van der Waals surface area (Å²) in [7, 11) is 0. The Hall–Kier alpha value is -3.40. The molecule has 164 valence electrons. The minimum absolute atomic E-state index is 0.240. The van der Waals surface area contributed by atoms with E-state index in [1.165, 1.54) is 12.1 Å². The molecular weight excluding hydrogens is 413 g/mol. The van der Waals surface area contributed by atoms with Crippen LogP contribution in [0, 0.1) is 0 Å². The summed E-state index contributed by atoms with van der Waals surface area (Å²) in [6.45, 7) is 4.30. The lowest BCUT2D eigenvalue weighted by molar-refractivity contribution is -0.274. The molecule has 31 heavy (non-hydrogen) atoms. The number of carbonyl (C=O) groups excluding carboxylic acids is 1. The predicted octanol–water partition coefficient (Wildman–Crippen LogP) is 3.67. The number of benzene rings is 2. The van der Waals surface area contributed by atoms with Crippen molar-refractivity contribution >= 4 is 22.5 Å². The van der Waals surface area contributed by atoms with Crippen LogP contribution in [0.25, 0.3) is 10.9 Å². The van der Waals surface area contributed by atoms with Crippen molar-refractivity contribution < 1.29 is 22.7 Å². The number of likely N-dealkylation sites (N-methyl/N-ethyl adjacent to an activating group) is 1. The van der Waals surface area contributed by atoms with Crippen LogP contribution >= 0.6 is 0 Å². The highest BCUT2D eigenvalue weighted by Crippen LogP contribution is 2.24. The molecule has 2 aromatic carbocycles. The van der Waals surface area contributed by atoms with E-state index in [2.05, 4.69) is 20.0 Å². The van der Waals surface area contributed by atoms with E-state index in [-0.39, 0.29) is 23.8 Å². The number of aromatic nitrogens is 2. The molecule has 1 amide bonds. The maximum Gasteiger partial charge on any atom is 0.573 e. The molecule has 2 N–H and O–H groups in total. The van der Waals surface area contributed by atoms with E-state index < -0.39 is 12.4 Å². The summed E-state index contributed by atoms with van der Waals surface area (Å²) >= 11 is 0. The molecule has 0 spiro atoms. The number of amides is 1. The van der Waals surface area contributed by atoms with Crippen molar-refractivity contribution in [2.75, 3.05) is 11.9 Å². The molecule has 1 atom stereocenters. The van der Waals surface area contributed by atoms with Crippen molar-refractivity contribution in [2.24, 2.45) is 0 Å². The molecule has 1 heterocycles.